The van der Waals surface area contributed by atoms with Gasteiger partial charge >= 0.3 is 0 Å². The van der Waals surface area contributed by atoms with Crippen LogP contribution in [0.2, 0.25) is 5.02 Å². The van der Waals surface area contributed by atoms with Crippen molar-refractivity contribution >= 4 is 23.4 Å². The van der Waals surface area contributed by atoms with Crippen LogP contribution in [-0.4, -0.2) is 21.5 Å². The zero-order valence-corrected chi connectivity index (χ0v) is 16.9. The number of nitrogens with zero attached hydrogens (tertiary/aromatic N) is 1. The standard InChI is InChI=1S/C20H21ClFN3O4/c1-4-11-14(18(27)23-8-10-5-6-13(22)12(21)7-10)16(26)20(29)25-15(11)19(28)24-17(25)9(2)3/h5-7,9,17,26H,4,8H2,1-3H3,(H,23,27)(H,24,28). The van der Waals surface area contributed by atoms with Crippen LogP contribution in [0, 0.1) is 11.7 Å². The Bertz CT molecular complexity index is 1060. The Hall–Kier alpha value is -2.87. The van der Waals surface area contributed by atoms with E-state index in [2.05, 4.69) is 10.6 Å². The molecule has 0 spiro atoms. The summed E-state index contributed by atoms with van der Waals surface area (Å²) in [4.78, 5) is 38.1. The minimum Gasteiger partial charge on any atom is -0.502 e. The molecule has 1 aromatic heterocycles. The number of aromatic nitrogens is 1. The molecule has 2 aromatic rings. The molecule has 2 amide bonds. The Morgan fingerprint density at radius 1 is 1.38 bits per heavy atom. The topological polar surface area (TPSA) is 100 Å². The highest BCUT2D eigenvalue weighted by atomic mass is 35.5. The predicted molar refractivity (Wildman–Crippen MR) is 106 cm³/mol. The predicted octanol–water partition coefficient (Wildman–Crippen LogP) is 2.74. The van der Waals surface area contributed by atoms with Crippen molar-refractivity contribution in [1.29, 1.82) is 0 Å². The lowest BCUT2D eigenvalue weighted by molar-refractivity contribution is 0.0944. The van der Waals surface area contributed by atoms with Crippen LogP contribution in [0.15, 0.2) is 23.0 Å². The van der Waals surface area contributed by atoms with Crippen molar-refractivity contribution in [2.45, 2.75) is 39.9 Å². The first-order valence-corrected chi connectivity index (χ1v) is 9.58. The lowest BCUT2D eigenvalue weighted by Crippen LogP contribution is -2.33. The maximum Gasteiger partial charge on any atom is 0.295 e. The average Bonchev–Trinajstić information content (AvgIpc) is 3.03. The number of amides is 2. The van der Waals surface area contributed by atoms with Crippen LogP contribution in [0.4, 0.5) is 4.39 Å². The molecular weight excluding hydrogens is 401 g/mol. The van der Waals surface area contributed by atoms with E-state index >= 15 is 0 Å². The number of halogens is 2. The van der Waals surface area contributed by atoms with Crippen LogP contribution in [0.25, 0.3) is 0 Å². The fourth-order valence-electron chi connectivity index (χ4n) is 3.48. The number of hydrogen-bond donors (Lipinski definition) is 3. The Kier molecular flexibility index (Phi) is 5.66. The van der Waals surface area contributed by atoms with Crippen LogP contribution < -0.4 is 16.2 Å². The van der Waals surface area contributed by atoms with E-state index in [1.165, 1.54) is 22.8 Å². The lowest BCUT2D eigenvalue weighted by atomic mass is 10.0. The number of aromatic hydroxyl groups is 1. The molecule has 1 aliphatic rings. The van der Waals surface area contributed by atoms with E-state index in [4.69, 9.17) is 11.6 Å². The molecule has 0 bridgehead atoms. The van der Waals surface area contributed by atoms with E-state index in [1.807, 2.05) is 13.8 Å². The molecule has 154 valence electrons. The molecule has 0 aliphatic carbocycles. The molecule has 2 heterocycles. The third-order valence-electron chi connectivity index (χ3n) is 4.91. The summed E-state index contributed by atoms with van der Waals surface area (Å²) in [5, 5.41) is 15.7. The van der Waals surface area contributed by atoms with Gasteiger partial charge in [0, 0.05) is 6.54 Å². The smallest absolute Gasteiger partial charge is 0.295 e. The van der Waals surface area contributed by atoms with Gasteiger partial charge in [-0.1, -0.05) is 38.4 Å². The van der Waals surface area contributed by atoms with Crippen LogP contribution in [0.5, 0.6) is 5.75 Å². The van der Waals surface area contributed by atoms with Gasteiger partial charge < -0.3 is 15.7 Å². The largest absolute Gasteiger partial charge is 0.502 e. The van der Waals surface area contributed by atoms with Gasteiger partial charge in [-0.2, -0.15) is 0 Å². The summed E-state index contributed by atoms with van der Waals surface area (Å²) in [5.74, 6) is -2.55. The number of benzene rings is 1. The highest BCUT2D eigenvalue weighted by molar-refractivity contribution is 6.30. The number of carbonyl (C=O) groups excluding carboxylic acids is 2. The fraction of sp³-hybridized carbons (Fsp3) is 0.350. The van der Waals surface area contributed by atoms with Crippen molar-refractivity contribution < 1.29 is 19.1 Å². The molecule has 0 fully saturated rings. The van der Waals surface area contributed by atoms with Crippen molar-refractivity contribution in [3.05, 3.63) is 61.8 Å². The first kappa shape index (κ1) is 20.9. The van der Waals surface area contributed by atoms with E-state index in [-0.39, 0.29) is 40.7 Å². The maximum absolute atomic E-state index is 13.3. The summed E-state index contributed by atoms with van der Waals surface area (Å²) in [6.45, 7) is 5.40. The monoisotopic (exact) mass is 421 g/mol. The van der Waals surface area contributed by atoms with Crippen LogP contribution in [0.1, 0.15) is 58.9 Å². The van der Waals surface area contributed by atoms with Crippen molar-refractivity contribution in [3.8, 4) is 5.75 Å². The van der Waals surface area contributed by atoms with E-state index < -0.39 is 35.1 Å². The summed E-state index contributed by atoms with van der Waals surface area (Å²) in [5.41, 5.74) is -0.111. The molecule has 0 saturated heterocycles. The Morgan fingerprint density at radius 3 is 2.66 bits per heavy atom. The number of carbonyl (C=O) groups is 2. The van der Waals surface area contributed by atoms with Gasteiger partial charge in [-0.25, -0.2) is 4.39 Å². The van der Waals surface area contributed by atoms with Crippen molar-refractivity contribution in [2.75, 3.05) is 0 Å². The molecular formula is C20H21ClFN3O4. The summed E-state index contributed by atoms with van der Waals surface area (Å²) >= 11 is 5.74. The molecule has 29 heavy (non-hydrogen) atoms. The Balaban J connectivity index is 2.01. The number of pyridine rings is 1. The molecule has 1 aromatic carbocycles. The van der Waals surface area contributed by atoms with Gasteiger partial charge in [0.1, 0.15) is 17.7 Å². The fourth-order valence-corrected chi connectivity index (χ4v) is 3.69. The van der Waals surface area contributed by atoms with Crippen LogP contribution >= 0.6 is 11.6 Å². The third-order valence-corrected chi connectivity index (χ3v) is 5.20. The molecule has 9 heteroatoms. The Morgan fingerprint density at radius 2 is 2.07 bits per heavy atom. The minimum atomic E-state index is -0.802. The average molecular weight is 422 g/mol. The van der Waals surface area contributed by atoms with Gasteiger partial charge in [0.05, 0.1) is 10.6 Å². The van der Waals surface area contributed by atoms with Gasteiger partial charge in [0.2, 0.25) is 0 Å². The third kappa shape index (κ3) is 3.60. The van der Waals surface area contributed by atoms with E-state index in [1.54, 1.807) is 6.92 Å². The van der Waals surface area contributed by atoms with E-state index in [9.17, 15) is 23.9 Å². The molecule has 0 saturated carbocycles. The lowest BCUT2D eigenvalue weighted by Gasteiger charge is -2.20. The number of nitrogens with one attached hydrogen (secondary N) is 2. The maximum atomic E-state index is 13.3. The molecule has 1 unspecified atom stereocenters. The number of rotatable bonds is 5. The van der Waals surface area contributed by atoms with Gasteiger partial charge in [-0.3, -0.25) is 19.0 Å². The molecule has 1 aliphatic heterocycles. The Labute approximate surface area is 171 Å². The number of hydrogen-bond acceptors (Lipinski definition) is 4. The normalized spacial score (nSPS) is 15.4. The van der Waals surface area contributed by atoms with Crippen molar-refractivity contribution in [2.24, 2.45) is 5.92 Å². The van der Waals surface area contributed by atoms with Crippen LogP contribution in [-0.2, 0) is 13.0 Å². The SMILES string of the molecule is CCc1c(C(=O)NCc2ccc(F)c(Cl)c2)c(O)c(=O)n2c1C(=O)NC2C(C)C. The van der Waals surface area contributed by atoms with Gasteiger partial charge in [0.25, 0.3) is 17.4 Å². The first-order valence-electron chi connectivity index (χ1n) is 9.20. The van der Waals surface area contributed by atoms with Crippen LogP contribution in [0.3, 0.4) is 0 Å². The van der Waals surface area contributed by atoms with Gasteiger partial charge in [0.15, 0.2) is 5.75 Å². The second-order valence-corrected chi connectivity index (χ2v) is 7.58. The first-order chi connectivity index (χ1) is 13.7. The molecule has 3 N–H and O–H groups in total. The zero-order chi connectivity index (χ0) is 21.5. The molecule has 1 atom stereocenters. The summed E-state index contributed by atoms with van der Waals surface area (Å²) in [6.07, 6.45) is -0.341. The highest BCUT2D eigenvalue weighted by Crippen LogP contribution is 2.30. The summed E-state index contributed by atoms with van der Waals surface area (Å²) in [6, 6.07) is 4.01. The summed E-state index contributed by atoms with van der Waals surface area (Å²) in [7, 11) is 0. The molecule has 3 rings (SSSR count). The minimum absolute atomic E-state index is 0.000656. The van der Waals surface area contributed by atoms with Crippen molar-refractivity contribution in [1.82, 2.24) is 15.2 Å². The van der Waals surface area contributed by atoms with Crippen molar-refractivity contribution in [3.63, 3.8) is 0 Å². The van der Waals surface area contributed by atoms with E-state index in [0.29, 0.717) is 5.56 Å². The second-order valence-electron chi connectivity index (χ2n) is 7.17. The van der Waals surface area contributed by atoms with E-state index in [0.717, 1.165) is 0 Å². The zero-order valence-electron chi connectivity index (χ0n) is 16.2. The highest BCUT2D eigenvalue weighted by Gasteiger charge is 2.37. The summed E-state index contributed by atoms with van der Waals surface area (Å²) < 4.78 is 14.5. The second kappa shape index (κ2) is 7.87. The van der Waals surface area contributed by atoms with Gasteiger partial charge in [-0.15, -0.1) is 0 Å². The quantitative estimate of drug-likeness (QED) is 0.691. The number of fused-ring (bicyclic) bond motifs is 1. The molecule has 0 radical (unpaired) electrons. The van der Waals surface area contributed by atoms with Gasteiger partial charge in [-0.05, 0) is 35.6 Å². The molecule has 7 nitrogen and oxygen atoms in total.